The predicted molar refractivity (Wildman–Crippen MR) is 48.2 cm³/mol. The molecular formula is C8H6N2OS. The highest BCUT2D eigenvalue weighted by atomic mass is 32.1. The van der Waals surface area contributed by atoms with Crippen molar-refractivity contribution in [1.82, 2.24) is 9.97 Å². The molecule has 0 amide bonds. The largest absolute Gasteiger partial charge is 0.326 e. The van der Waals surface area contributed by atoms with E-state index in [1.54, 1.807) is 6.20 Å². The third kappa shape index (κ3) is 1.16. The third-order valence-electron chi connectivity index (χ3n) is 1.46. The van der Waals surface area contributed by atoms with Gasteiger partial charge in [0.2, 0.25) is 0 Å². The number of hydrogen-bond acceptors (Lipinski definition) is 3. The Balaban J connectivity index is 2.63. The first-order valence-corrected chi connectivity index (χ1v) is 4.33. The zero-order chi connectivity index (χ0) is 8.39. The summed E-state index contributed by atoms with van der Waals surface area (Å²) < 4.78 is 0. The molecule has 0 spiro atoms. The fraction of sp³-hybridized carbons (Fsp3) is 0. The van der Waals surface area contributed by atoms with Crippen LogP contribution in [0.1, 0.15) is 0 Å². The number of aromatic amines is 1. The standard InChI is InChI=1S/C8H6N2OS/c11-8-7(9-3-4-10-8)6-2-1-5-12-6/h1-5H,(H,10,11). The second-order valence-corrected chi connectivity index (χ2v) is 3.19. The van der Waals surface area contributed by atoms with Crippen molar-refractivity contribution in [3.05, 3.63) is 40.3 Å². The van der Waals surface area contributed by atoms with Crippen molar-refractivity contribution in [2.24, 2.45) is 0 Å². The van der Waals surface area contributed by atoms with E-state index >= 15 is 0 Å². The van der Waals surface area contributed by atoms with Crippen LogP contribution in [0.2, 0.25) is 0 Å². The van der Waals surface area contributed by atoms with Crippen molar-refractivity contribution in [3.63, 3.8) is 0 Å². The van der Waals surface area contributed by atoms with Crippen LogP contribution in [0.3, 0.4) is 0 Å². The van der Waals surface area contributed by atoms with Crippen LogP contribution in [0.15, 0.2) is 34.7 Å². The van der Waals surface area contributed by atoms with Crippen LogP contribution in [0.25, 0.3) is 10.6 Å². The van der Waals surface area contributed by atoms with Crippen LogP contribution in [0.4, 0.5) is 0 Å². The SMILES string of the molecule is O=c1[nH]ccnc1-c1cccs1. The van der Waals surface area contributed by atoms with Gasteiger partial charge >= 0.3 is 0 Å². The monoisotopic (exact) mass is 178 g/mol. The number of thiophene rings is 1. The smallest absolute Gasteiger partial charge is 0.275 e. The molecule has 0 unspecified atom stereocenters. The van der Waals surface area contributed by atoms with Crippen molar-refractivity contribution in [2.75, 3.05) is 0 Å². The molecule has 2 aromatic heterocycles. The molecule has 0 aliphatic heterocycles. The summed E-state index contributed by atoms with van der Waals surface area (Å²) in [6.07, 6.45) is 3.11. The van der Waals surface area contributed by atoms with Gasteiger partial charge in [0.1, 0.15) is 5.69 Å². The zero-order valence-corrected chi connectivity index (χ0v) is 6.97. The Bertz CT molecular complexity index is 419. The Hall–Kier alpha value is -1.42. The molecule has 2 aromatic rings. The van der Waals surface area contributed by atoms with Crippen molar-refractivity contribution < 1.29 is 0 Å². The normalized spacial score (nSPS) is 10.0. The molecular weight excluding hydrogens is 172 g/mol. The molecule has 0 aliphatic carbocycles. The van der Waals surface area contributed by atoms with Crippen LogP contribution in [0.5, 0.6) is 0 Å². The van der Waals surface area contributed by atoms with E-state index in [2.05, 4.69) is 9.97 Å². The molecule has 0 fully saturated rings. The molecule has 0 aliphatic rings. The minimum atomic E-state index is -0.139. The van der Waals surface area contributed by atoms with Gasteiger partial charge in [0.25, 0.3) is 5.56 Å². The lowest BCUT2D eigenvalue weighted by Gasteiger charge is -1.91. The molecule has 0 aromatic carbocycles. The van der Waals surface area contributed by atoms with E-state index in [1.807, 2.05) is 17.5 Å². The second-order valence-electron chi connectivity index (χ2n) is 2.24. The van der Waals surface area contributed by atoms with Gasteiger partial charge in [-0.15, -0.1) is 11.3 Å². The molecule has 3 nitrogen and oxygen atoms in total. The highest BCUT2D eigenvalue weighted by molar-refractivity contribution is 7.13. The molecule has 60 valence electrons. The Morgan fingerprint density at radius 2 is 2.42 bits per heavy atom. The Labute approximate surface area is 72.7 Å². The molecule has 4 heteroatoms. The number of nitrogens with zero attached hydrogens (tertiary/aromatic N) is 1. The average molecular weight is 178 g/mol. The third-order valence-corrected chi connectivity index (χ3v) is 2.34. The van der Waals surface area contributed by atoms with Crippen LogP contribution in [-0.2, 0) is 0 Å². The molecule has 12 heavy (non-hydrogen) atoms. The van der Waals surface area contributed by atoms with E-state index in [-0.39, 0.29) is 5.56 Å². The van der Waals surface area contributed by atoms with Crippen molar-refractivity contribution in [3.8, 4) is 10.6 Å². The number of hydrogen-bond donors (Lipinski definition) is 1. The highest BCUT2D eigenvalue weighted by Gasteiger charge is 2.02. The molecule has 2 rings (SSSR count). The molecule has 0 bridgehead atoms. The van der Waals surface area contributed by atoms with Gasteiger partial charge in [-0.25, -0.2) is 4.98 Å². The van der Waals surface area contributed by atoms with E-state index in [4.69, 9.17) is 0 Å². The van der Waals surface area contributed by atoms with Crippen LogP contribution in [-0.4, -0.2) is 9.97 Å². The lowest BCUT2D eigenvalue weighted by atomic mass is 10.3. The number of H-pyrrole nitrogens is 1. The van der Waals surface area contributed by atoms with Gasteiger partial charge < -0.3 is 4.98 Å². The summed E-state index contributed by atoms with van der Waals surface area (Å²) in [5.74, 6) is 0. The maximum atomic E-state index is 11.2. The summed E-state index contributed by atoms with van der Waals surface area (Å²) in [4.78, 5) is 18.7. The predicted octanol–water partition coefficient (Wildman–Crippen LogP) is 1.50. The van der Waals surface area contributed by atoms with Crippen LogP contribution >= 0.6 is 11.3 Å². The summed E-state index contributed by atoms with van der Waals surface area (Å²) in [5, 5.41) is 1.92. The molecule has 0 saturated heterocycles. The first-order chi connectivity index (χ1) is 5.88. The Kier molecular flexibility index (Phi) is 1.75. The first-order valence-electron chi connectivity index (χ1n) is 3.45. The summed E-state index contributed by atoms with van der Waals surface area (Å²) in [6.45, 7) is 0. The Morgan fingerprint density at radius 1 is 1.50 bits per heavy atom. The number of nitrogens with one attached hydrogen (secondary N) is 1. The van der Waals surface area contributed by atoms with Gasteiger partial charge in [-0.05, 0) is 11.4 Å². The summed E-state index contributed by atoms with van der Waals surface area (Å²) in [6, 6.07) is 3.77. The molecule has 0 atom stereocenters. The summed E-state index contributed by atoms with van der Waals surface area (Å²) in [7, 11) is 0. The van der Waals surface area contributed by atoms with Crippen LogP contribution in [0, 0.1) is 0 Å². The minimum Gasteiger partial charge on any atom is -0.326 e. The first kappa shape index (κ1) is 7.24. The van der Waals surface area contributed by atoms with Gasteiger partial charge in [-0.1, -0.05) is 6.07 Å². The summed E-state index contributed by atoms with van der Waals surface area (Å²) >= 11 is 1.51. The topological polar surface area (TPSA) is 45.8 Å². The summed E-state index contributed by atoms with van der Waals surface area (Å²) in [5.41, 5.74) is 0.354. The van der Waals surface area contributed by atoms with E-state index in [0.29, 0.717) is 5.69 Å². The minimum absolute atomic E-state index is 0.139. The fourth-order valence-corrected chi connectivity index (χ4v) is 1.66. The van der Waals surface area contributed by atoms with Gasteiger partial charge in [0.05, 0.1) is 4.88 Å². The molecule has 0 saturated carbocycles. The van der Waals surface area contributed by atoms with Crippen molar-refractivity contribution >= 4 is 11.3 Å². The maximum Gasteiger partial charge on any atom is 0.275 e. The van der Waals surface area contributed by atoms with Crippen LogP contribution < -0.4 is 5.56 Å². The maximum absolute atomic E-state index is 11.2. The van der Waals surface area contributed by atoms with Gasteiger partial charge in [-0.3, -0.25) is 4.79 Å². The molecule has 2 heterocycles. The molecule has 0 radical (unpaired) electrons. The Morgan fingerprint density at radius 3 is 3.08 bits per heavy atom. The molecule has 1 N–H and O–H groups in total. The van der Waals surface area contributed by atoms with Gasteiger partial charge in [0.15, 0.2) is 0 Å². The second kappa shape index (κ2) is 2.91. The zero-order valence-electron chi connectivity index (χ0n) is 6.15. The average Bonchev–Trinajstić information content (AvgIpc) is 2.57. The van der Waals surface area contributed by atoms with E-state index in [1.165, 1.54) is 17.5 Å². The van der Waals surface area contributed by atoms with E-state index in [9.17, 15) is 4.79 Å². The number of rotatable bonds is 1. The van der Waals surface area contributed by atoms with Crippen molar-refractivity contribution in [2.45, 2.75) is 0 Å². The van der Waals surface area contributed by atoms with Gasteiger partial charge in [-0.2, -0.15) is 0 Å². The quantitative estimate of drug-likeness (QED) is 0.719. The van der Waals surface area contributed by atoms with Crippen molar-refractivity contribution in [1.29, 1.82) is 0 Å². The fourth-order valence-electron chi connectivity index (χ4n) is 0.941. The van der Waals surface area contributed by atoms with E-state index in [0.717, 1.165) is 4.88 Å². The van der Waals surface area contributed by atoms with E-state index < -0.39 is 0 Å². The lowest BCUT2D eigenvalue weighted by molar-refractivity contribution is 1.15. The number of aromatic nitrogens is 2. The highest BCUT2D eigenvalue weighted by Crippen LogP contribution is 2.18. The van der Waals surface area contributed by atoms with Gasteiger partial charge in [0, 0.05) is 12.4 Å². The lowest BCUT2D eigenvalue weighted by Crippen LogP contribution is -2.08.